The molecule has 3 rings (SSSR count). The van der Waals surface area contributed by atoms with E-state index in [0.29, 0.717) is 25.2 Å². The summed E-state index contributed by atoms with van der Waals surface area (Å²) in [7, 11) is -1.84. The third kappa shape index (κ3) is 4.08. The predicted octanol–water partition coefficient (Wildman–Crippen LogP) is 1.25. The first-order chi connectivity index (χ1) is 12.0. The largest absolute Gasteiger partial charge is 0.352 e. The number of piperidine rings is 1. The van der Waals surface area contributed by atoms with Gasteiger partial charge in [-0.2, -0.15) is 4.31 Å². The Bertz CT molecular complexity index is 833. The molecular formula is C17H22N4O3S. The maximum absolute atomic E-state index is 12.7. The number of hydrogen-bond donors (Lipinski definition) is 1. The molecule has 1 atom stereocenters. The van der Waals surface area contributed by atoms with E-state index in [1.807, 2.05) is 18.2 Å². The Morgan fingerprint density at radius 1 is 1.32 bits per heavy atom. The number of rotatable bonds is 5. The summed E-state index contributed by atoms with van der Waals surface area (Å²) in [5.41, 5.74) is 0.608. The van der Waals surface area contributed by atoms with Crippen LogP contribution in [-0.2, 0) is 17.1 Å². The lowest BCUT2D eigenvalue weighted by atomic mass is 9.99. The van der Waals surface area contributed by atoms with Crippen molar-refractivity contribution in [2.24, 2.45) is 13.0 Å². The minimum absolute atomic E-state index is 0.0731. The molecule has 134 valence electrons. The van der Waals surface area contributed by atoms with Crippen LogP contribution in [-0.4, -0.2) is 47.8 Å². The molecule has 25 heavy (non-hydrogen) atoms. The first-order valence-corrected chi connectivity index (χ1v) is 9.72. The summed E-state index contributed by atoms with van der Waals surface area (Å²) in [6, 6.07) is 9.01. The average molecular weight is 362 g/mol. The van der Waals surface area contributed by atoms with Crippen LogP contribution >= 0.6 is 0 Å². The monoisotopic (exact) mass is 362 g/mol. The number of hydrogen-bond acceptors (Lipinski definition) is 4. The Morgan fingerprint density at radius 3 is 2.76 bits per heavy atom. The van der Waals surface area contributed by atoms with Crippen molar-refractivity contribution in [1.82, 2.24) is 19.2 Å². The van der Waals surface area contributed by atoms with Gasteiger partial charge in [0.2, 0.25) is 0 Å². The summed E-state index contributed by atoms with van der Waals surface area (Å²) in [6.45, 7) is 1.35. The van der Waals surface area contributed by atoms with Gasteiger partial charge in [0, 0.05) is 38.4 Å². The molecule has 2 heterocycles. The van der Waals surface area contributed by atoms with Gasteiger partial charge in [-0.25, -0.2) is 13.4 Å². The molecule has 8 heteroatoms. The van der Waals surface area contributed by atoms with E-state index < -0.39 is 10.0 Å². The fraction of sp³-hybridized carbons (Fsp3) is 0.412. The van der Waals surface area contributed by atoms with Gasteiger partial charge in [0.05, 0.1) is 6.33 Å². The van der Waals surface area contributed by atoms with Crippen molar-refractivity contribution in [3.05, 3.63) is 48.4 Å². The van der Waals surface area contributed by atoms with Gasteiger partial charge in [0.25, 0.3) is 15.9 Å². The second-order valence-electron chi connectivity index (χ2n) is 6.32. The summed E-state index contributed by atoms with van der Waals surface area (Å²) in [5, 5.41) is 2.98. The van der Waals surface area contributed by atoms with E-state index in [0.717, 1.165) is 12.8 Å². The number of benzene rings is 1. The summed E-state index contributed by atoms with van der Waals surface area (Å²) >= 11 is 0. The van der Waals surface area contributed by atoms with E-state index in [1.165, 1.54) is 16.8 Å². The number of nitrogens with one attached hydrogen (secondary N) is 1. The molecule has 1 saturated heterocycles. The molecule has 7 nitrogen and oxygen atoms in total. The highest BCUT2D eigenvalue weighted by molar-refractivity contribution is 7.89. The van der Waals surface area contributed by atoms with Crippen LogP contribution in [0.15, 0.2) is 47.9 Å². The minimum atomic E-state index is -3.58. The van der Waals surface area contributed by atoms with Crippen molar-refractivity contribution in [3.63, 3.8) is 0 Å². The molecule has 1 amide bonds. The minimum Gasteiger partial charge on any atom is -0.352 e. The Kier molecular flexibility index (Phi) is 5.19. The molecule has 1 aromatic heterocycles. The van der Waals surface area contributed by atoms with Crippen LogP contribution in [0.3, 0.4) is 0 Å². The molecule has 1 unspecified atom stereocenters. The van der Waals surface area contributed by atoms with Gasteiger partial charge >= 0.3 is 0 Å². The zero-order valence-corrected chi connectivity index (χ0v) is 14.9. The van der Waals surface area contributed by atoms with Crippen LogP contribution in [0.1, 0.15) is 23.2 Å². The highest BCUT2D eigenvalue weighted by Crippen LogP contribution is 2.22. The second kappa shape index (κ2) is 7.37. The fourth-order valence-electron chi connectivity index (χ4n) is 2.99. The Labute approximate surface area is 147 Å². The van der Waals surface area contributed by atoms with Gasteiger partial charge in [-0.3, -0.25) is 4.79 Å². The van der Waals surface area contributed by atoms with Crippen molar-refractivity contribution in [1.29, 1.82) is 0 Å². The Hall–Kier alpha value is -2.19. The van der Waals surface area contributed by atoms with Crippen molar-refractivity contribution < 1.29 is 13.2 Å². The zero-order valence-electron chi connectivity index (χ0n) is 14.1. The van der Waals surface area contributed by atoms with Crippen molar-refractivity contribution >= 4 is 15.9 Å². The number of amides is 1. The molecule has 1 N–H and O–H groups in total. The molecule has 0 spiro atoms. The van der Waals surface area contributed by atoms with Gasteiger partial charge < -0.3 is 9.88 Å². The Balaban J connectivity index is 1.61. The lowest BCUT2D eigenvalue weighted by Gasteiger charge is -2.31. The van der Waals surface area contributed by atoms with Crippen molar-refractivity contribution in [2.75, 3.05) is 19.6 Å². The number of imidazole rings is 1. The standard InChI is InChI=1S/C17H22N4O3S/c1-20-12-16(19-13-20)25(23,24)21-9-5-6-14(11-21)10-18-17(22)15-7-3-2-4-8-15/h2-4,7-8,12-14H,5-6,9-11H2,1H3,(H,18,22). The molecule has 0 saturated carbocycles. The molecule has 1 aromatic carbocycles. The van der Waals surface area contributed by atoms with E-state index in [-0.39, 0.29) is 16.9 Å². The molecule has 1 fully saturated rings. The van der Waals surface area contributed by atoms with Gasteiger partial charge in [0.15, 0.2) is 5.03 Å². The third-order valence-corrected chi connectivity index (χ3v) is 6.11. The molecular weight excluding hydrogens is 340 g/mol. The van der Waals surface area contributed by atoms with E-state index in [2.05, 4.69) is 10.3 Å². The van der Waals surface area contributed by atoms with Gasteiger partial charge in [-0.15, -0.1) is 0 Å². The summed E-state index contributed by atoms with van der Waals surface area (Å²) in [6.07, 6.45) is 4.66. The van der Waals surface area contributed by atoms with Crippen molar-refractivity contribution in [2.45, 2.75) is 17.9 Å². The van der Waals surface area contributed by atoms with Crippen LogP contribution in [0, 0.1) is 5.92 Å². The van der Waals surface area contributed by atoms with E-state index in [1.54, 1.807) is 23.7 Å². The van der Waals surface area contributed by atoms with Crippen molar-refractivity contribution in [3.8, 4) is 0 Å². The predicted molar refractivity (Wildman–Crippen MR) is 93.5 cm³/mol. The zero-order chi connectivity index (χ0) is 17.9. The molecule has 0 radical (unpaired) electrons. The lowest BCUT2D eigenvalue weighted by molar-refractivity contribution is 0.0941. The molecule has 0 bridgehead atoms. The summed E-state index contributed by atoms with van der Waals surface area (Å²) in [5.74, 6) is -0.0368. The number of sulfonamides is 1. The third-order valence-electron chi connectivity index (χ3n) is 4.35. The van der Waals surface area contributed by atoms with Crippen LogP contribution in [0.2, 0.25) is 0 Å². The van der Waals surface area contributed by atoms with E-state index in [9.17, 15) is 13.2 Å². The molecule has 1 aliphatic rings. The average Bonchev–Trinajstić information content (AvgIpc) is 3.08. The van der Waals surface area contributed by atoms with Gasteiger partial charge in [-0.05, 0) is 30.9 Å². The normalized spacial score (nSPS) is 18.8. The van der Waals surface area contributed by atoms with Crippen LogP contribution in [0.4, 0.5) is 0 Å². The number of carbonyl (C=O) groups is 1. The number of aryl methyl sites for hydroxylation is 1. The number of nitrogens with zero attached hydrogens (tertiary/aromatic N) is 3. The van der Waals surface area contributed by atoms with E-state index in [4.69, 9.17) is 0 Å². The quantitative estimate of drug-likeness (QED) is 0.868. The van der Waals surface area contributed by atoms with E-state index >= 15 is 0 Å². The van der Waals surface area contributed by atoms with Crippen LogP contribution in [0.25, 0.3) is 0 Å². The highest BCUT2D eigenvalue weighted by Gasteiger charge is 2.31. The topological polar surface area (TPSA) is 84.3 Å². The number of aromatic nitrogens is 2. The SMILES string of the molecule is Cn1cnc(S(=O)(=O)N2CCCC(CNC(=O)c3ccccc3)C2)c1. The highest BCUT2D eigenvalue weighted by atomic mass is 32.2. The first kappa shape index (κ1) is 17.6. The molecule has 1 aliphatic heterocycles. The maximum Gasteiger partial charge on any atom is 0.262 e. The number of carbonyl (C=O) groups excluding carboxylic acids is 1. The molecule has 0 aliphatic carbocycles. The summed E-state index contributed by atoms with van der Waals surface area (Å²) < 4.78 is 28.4. The smallest absolute Gasteiger partial charge is 0.262 e. The van der Waals surface area contributed by atoms with Gasteiger partial charge in [0.1, 0.15) is 0 Å². The Morgan fingerprint density at radius 2 is 2.08 bits per heavy atom. The van der Waals surface area contributed by atoms with Crippen LogP contribution in [0.5, 0.6) is 0 Å². The summed E-state index contributed by atoms with van der Waals surface area (Å²) in [4.78, 5) is 16.1. The first-order valence-electron chi connectivity index (χ1n) is 8.28. The lowest BCUT2D eigenvalue weighted by Crippen LogP contribution is -2.43. The van der Waals surface area contributed by atoms with Crippen LogP contribution < -0.4 is 5.32 Å². The maximum atomic E-state index is 12.7. The van der Waals surface area contributed by atoms with Gasteiger partial charge in [-0.1, -0.05) is 18.2 Å². The fourth-order valence-corrected chi connectivity index (χ4v) is 4.52. The second-order valence-corrected chi connectivity index (χ2v) is 8.21. The molecule has 2 aromatic rings.